The fourth-order valence-electron chi connectivity index (χ4n) is 3.50. The van der Waals surface area contributed by atoms with Gasteiger partial charge in [0.1, 0.15) is 11.6 Å². The van der Waals surface area contributed by atoms with Crippen molar-refractivity contribution in [2.45, 2.75) is 43.3 Å². The summed E-state index contributed by atoms with van der Waals surface area (Å²) >= 11 is 4.73. The Labute approximate surface area is 192 Å². The van der Waals surface area contributed by atoms with Crippen LogP contribution in [0.4, 0.5) is 0 Å². The number of H-pyrrole nitrogens is 1. The highest BCUT2D eigenvalue weighted by Crippen LogP contribution is 2.39. The van der Waals surface area contributed by atoms with Crippen molar-refractivity contribution in [3.05, 3.63) is 32.5 Å². The molecule has 0 radical (unpaired) electrons. The van der Waals surface area contributed by atoms with Crippen LogP contribution >= 0.6 is 27.7 Å². The lowest BCUT2D eigenvalue weighted by Gasteiger charge is -2.22. The molecule has 1 saturated carbocycles. The molecule has 0 saturated heterocycles. The number of rotatable bonds is 7. The van der Waals surface area contributed by atoms with Crippen LogP contribution < -0.4 is 20.3 Å². The van der Waals surface area contributed by atoms with Crippen LogP contribution in [-0.4, -0.2) is 41.9 Å². The van der Waals surface area contributed by atoms with Gasteiger partial charge in [0.2, 0.25) is 0 Å². The van der Waals surface area contributed by atoms with E-state index in [1.807, 2.05) is 6.07 Å². The molecule has 3 rings (SSSR count). The maximum absolute atomic E-state index is 12.3. The number of hydrogen-bond acceptors (Lipinski definition) is 7. The van der Waals surface area contributed by atoms with E-state index in [9.17, 15) is 14.9 Å². The summed E-state index contributed by atoms with van der Waals surface area (Å²) in [5.74, 6) is 0.549. The van der Waals surface area contributed by atoms with E-state index in [2.05, 4.69) is 31.2 Å². The molecule has 1 fully saturated rings. The molecule has 0 atom stereocenters. The van der Waals surface area contributed by atoms with Crippen molar-refractivity contribution in [1.29, 1.82) is 5.26 Å². The highest BCUT2D eigenvalue weighted by Gasteiger charge is 2.20. The van der Waals surface area contributed by atoms with Crippen molar-refractivity contribution in [2.24, 2.45) is 0 Å². The second-order valence-electron chi connectivity index (χ2n) is 7.08. The number of carbonyl (C=O) groups excluding carboxylic acids is 1. The summed E-state index contributed by atoms with van der Waals surface area (Å²) in [6.07, 6.45) is 7.25. The summed E-state index contributed by atoms with van der Waals surface area (Å²) in [6.45, 7) is -0.137. The van der Waals surface area contributed by atoms with Crippen LogP contribution in [0.25, 0.3) is 11.3 Å². The Kier molecular flexibility index (Phi) is 7.98. The second-order valence-corrected chi connectivity index (χ2v) is 8.73. The molecule has 10 heteroatoms. The molecule has 1 aliphatic carbocycles. The molecule has 2 aromatic rings. The molecule has 1 amide bonds. The lowest BCUT2D eigenvalue weighted by molar-refractivity contribution is -0.124. The highest BCUT2D eigenvalue weighted by molar-refractivity contribution is 9.10. The summed E-state index contributed by atoms with van der Waals surface area (Å²) in [7, 11) is 1.48. The average molecular weight is 507 g/mol. The molecule has 0 spiro atoms. The molecule has 0 bridgehead atoms. The van der Waals surface area contributed by atoms with Gasteiger partial charge in [0, 0.05) is 16.1 Å². The van der Waals surface area contributed by atoms with Crippen molar-refractivity contribution in [1.82, 2.24) is 15.3 Å². The van der Waals surface area contributed by atoms with Crippen LogP contribution in [0.2, 0.25) is 0 Å². The number of amides is 1. The third-order valence-corrected chi connectivity index (χ3v) is 6.28. The van der Waals surface area contributed by atoms with Gasteiger partial charge in [-0.2, -0.15) is 5.26 Å². The van der Waals surface area contributed by atoms with Crippen LogP contribution in [-0.2, 0) is 4.79 Å². The standard InChI is InChI=1S/C21H23BrN4O4S/c1-29-16-8-13(19-14(10-23)20(28)26-21(25-19)31-2)15(22)9-17(16)30-11-18(27)24-12-6-4-3-5-7-12/h8-9,12H,3-7,11H2,1-2H3,(H,24,27)(H,25,26,28). The van der Waals surface area contributed by atoms with Crippen LogP contribution in [0.5, 0.6) is 11.5 Å². The van der Waals surface area contributed by atoms with Gasteiger partial charge in [0.25, 0.3) is 11.5 Å². The van der Waals surface area contributed by atoms with Gasteiger partial charge in [-0.05, 0) is 47.2 Å². The quantitative estimate of drug-likeness (QED) is 0.434. The van der Waals surface area contributed by atoms with Gasteiger partial charge in [-0.25, -0.2) is 4.98 Å². The Morgan fingerprint density at radius 1 is 1.35 bits per heavy atom. The van der Waals surface area contributed by atoms with Crippen molar-refractivity contribution < 1.29 is 14.3 Å². The minimum Gasteiger partial charge on any atom is -0.493 e. The van der Waals surface area contributed by atoms with E-state index in [0.717, 1.165) is 25.7 Å². The Bertz CT molecular complexity index is 1060. The van der Waals surface area contributed by atoms with E-state index in [0.29, 0.717) is 26.7 Å². The maximum atomic E-state index is 12.3. The van der Waals surface area contributed by atoms with Crippen molar-refractivity contribution in [3.63, 3.8) is 0 Å². The van der Waals surface area contributed by atoms with Gasteiger partial charge in [0.15, 0.2) is 23.3 Å². The fourth-order valence-corrected chi connectivity index (χ4v) is 4.38. The molecule has 1 aromatic heterocycles. The highest BCUT2D eigenvalue weighted by atomic mass is 79.9. The fraction of sp³-hybridized carbons (Fsp3) is 0.429. The number of benzene rings is 1. The normalized spacial score (nSPS) is 14.0. The topological polar surface area (TPSA) is 117 Å². The van der Waals surface area contributed by atoms with Crippen molar-refractivity contribution >= 4 is 33.6 Å². The molecule has 1 aromatic carbocycles. The number of aromatic amines is 1. The third-order valence-electron chi connectivity index (χ3n) is 5.04. The molecule has 8 nitrogen and oxygen atoms in total. The number of nitrogens with zero attached hydrogens (tertiary/aromatic N) is 2. The molecular formula is C21H23BrN4O4S. The summed E-state index contributed by atoms with van der Waals surface area (Å²) in [6, 6.07) is 5.39. The van der Waals surface area contributed by atoms with Crippen LogP contribution in [0.3, 0.4) is 0 Å². The summed E-state index contributed by atoms with van der Waals surface area (Å²) < 4.78 is 11.7. The molecule has 0 aliphatic heterocycles. The first kappa shape index (κ1) is 23.2. The van der Waals surface area contributed by atoms with Gasteiger partial charge < -0.3 is 19.8 Å². The van der Waals surface area contributed by atoms with E-state index in [1.54, 1.807) is 18.4 Å². The first-order valence-corrected chi connectivity index (χ1v) is 11.9. The van der Waals surface area contributed by atoms with E-state index in [4.69, 9.17) is 9.47 Å². The third kappa shape index (κ3) is 5.60. The molecule has 31 heavy (non-hydrogen) atoms. The molecule has 0 unspecified atom stereocenters. The minimum absolute atomic E-state index is 0.0962. The number of halogens is 1. The second kappa shape index (κ2) is 10.7. The molecule has 1 aliphatic rings. The zero-order valence-corrected chi connectivity index (χ0v) is 19.7. The Morgan fingerprint density at radius 2 is 2.10 bits per heavy atom. The number of aromatic nitrogens is 2. The van der Waals surface area contributed by atoms with Crippen LogP contribution in [0.15, 0.2) is 26.6 Å². The number of nitrogens with one attached hydrogen (secondary N) is 2. The minimum atomic E-state index is -0.512. The van der Waals surface area contributed by atoms with E-state index in [-0.39, 0.29) is 29.8 Å². The summed E-state index contributed by atoms with van der Waals surface area (Å²) in [5.41, 5.74) is 0.139. The predicted molar refractivity (Wildman–Crippen MR) is 122 cm³/mol. The SMILES string of the molecule is COc1cc(-c2nc(SC)[nH]c(=O)c2C#N)c(Br)cc1OCC(=O)NC1CCCCC1. The number of hydrogen-bond donors (Lipinski definition) is 2. The maximum Gasteiger partial charge on any atom is 0.270 e. The monoisotopic (exact) mass is 506 g/mol. The van der Waals surface area contributed by atoms with Gasteiger partial charge in [-0.1, -0.05) is 31.0 Å². The number of methoxy groups -OCH3 is 1. The largest absolute Gasteiger partial charge is 0.493 e. The van der Waals surface area contributed by atoms with Gasteiger partial charge in [0.05, 0.1) is 12.8 Å². The number of ether oxygens (including phenoxy) is 2. The number of nitriles is 1. The molecule has 1 heterocycles. The van der Waals surface area contributed by atoms with E-state index in [1.165, 1.54) is 25.3 Å². The van der Waals surface area contributed by atoms with Gasteiger partial charge in [-0.3, -0.25) is 9.59 Å². The van der Waals surface area contributed by atoms with Gasteiger partial charge in [-0.15, -0.1) is 0 Å². The average Bonchev–Trinajstić information content (AvgIpc) is 2.77. The number of thioether (sulfide) groups is 1. The number of carbonyl (C=O) groups is 1. The zero-order valence-electron chi connectivity index (χ0n) is 17.3. The molecule has 164 valence electrons. The van der Waals surface area contributed by atoms with Gasteiger partial charge >= 0.3 is 0 Å². The van der Waals surface area contributed by atoms with Crippen LogP contribution in [0.1, 0.15) is 37.7 Å². The first-order chi connectivity index (χ1) is 15.0. The lowest BCUT2D eigenvalue weighted by Crippen LogP contribution is -2.39. The summed E-state index contributed by atoms with van der Waals surface area (Å²) in [5, 5.41) is 12.8. The predicted octanol–water partition coefficient (Wildman–Crippen LogP) is 3.63. The molecule has 2 N–H and O–H groups in total. The van der Waals surface area contributed by atoms with Crippen LogP contribution in [0, 0.1) is 11.3 Å². The Hall–Kier alpha value is -2.51. The lowest BCUT2D eigenvalue weighted by atomic mass is 9.95. The Morgan fingerprint density at radius 3 is 2.74 bits per heavy atom. The van der Waals surface area contributed by atoms with E-state index < -0.39 is 5.56 Å². The first-order valence-electron chi connectivity index (χ1n) is 9.85. The van der Waals surface area contributed by atoms with Crippen molar-refractivity contribution in [2.75, 3.05) is 20.0 Å². The molecular weight excluding hydrogens is 484 g/mol. The summed E-state index contributed by atoms with van der Waals surface area (Å²) in [4.78, 5) is 31.5. The smallest absolute Gasteiger partial charge is 0.270 e. The van der Waals surface area contributed by atoms with Crippen molar-refractivity contribution in [3.8, 4) is 28.8 Å². The zero-order chi connectivity index (χ0) is 22.4. The Balaban J connectivity index is 1.84. The van der Waals surface area contributed by atoms with E-state index >= 15 is 0 Å².